The number of nitrogens with two attached hydrogens (primary N) is 1. The molecule has 5 heteroatoms. The van der Waals surface area contributed by atoms with Gasteiger partial charge in [0.25, 0.3) is 0 Å². The third kappa shape index (κ3) is 3.78. The van der Waals surface area contributed by atoms with Crippen LogP contribution in [0.3, 0.4) is 0 Å². The summed E-state index contributed by atoms with van der Waals surface area (Å²) in [5.41, 5.74) is 7.46. The molecule has 3 N–H and O–H groups in total. The Morgan fingerprint density at radius 3 is 2.42 bits per heavy atom. The minimum atomic E-state index is -3.28. The molecule has 19 heavy (non-hydrogen) atoms. The van der Waals surface area contributed by atoms with Gasteiger partial charge in [-0.2, -0.15) is 0 Å². The van der Waals surface area contributed by atoms with Crippen LogP contribution in [-0.2, 0) is 22.3 Å². The SMILES string of the molecule is CC1(CNS(=O)(=O)Cc2ccccc2CN)CCC1. The van der Waals surface area contributed by atoms with E-state index in [1.807, 2.05) is 24.3 Å². The van der Waals surface area contributed by atoms with Crippen LogP contribution in [0.15, 0.2) is 24.3 Å². The average Bonchev–Trinajstić information content (AvgIpc) is 2.34. The fourth-order valence-corrected chi connectivity index (χ4v) is 3.76. The van der Waals surface area contributed by atoms with Gasteiger partial charge in [-0.15, -0.1) is 0 Å². The van der Waals surface area contributed by atoms with Gasteiger partial charge in [0.2, 0.25) is 10.0 Å². The topological polar surface area (TPSA) is 72.2 Å². The van der Waals surface area contributed by atoms with Gasteiger partial charge in [0.05, 0.1) is 5.75 Å². The van der Waals surface area contributed by atoms with Crippen molar-refractivity contribution in [2.75, 3.05) is 6.54 Å². The molecule has 106 valence electrons. The van der Waals surface area contributed by atoms with E-state index in [4.69, 9.17) is 5.73 Å². The number of rotatable bonds is 6. The number of sulfonamides is 1. The maximum Gasteiger partial charge on any atom is 0.215 e. The average molecular weight is 282 g/mol. The van der Waals surface area contributed by atoms with Crippen LogP contribution in [0.4, 0.5) is 0 Å². The van der Waals surface area contributed by atoms with Gasteiger partial charge < -0.3 is 5.73 Å². The lowest BCUT2D eigenvalue weighted by molar-refractivity contribution is 0.166. The summed E-state index contributed by atoms with van der Waals surface area (Å²) in [7, 11) is -3.28. The van der Waals surface area contributed by atoms with Gasteiger partial charge in [-0.1, -0.05) is 37.6 Å². The molecule has 0 aliphatic heterocycles. The van der Waals surface area contributed by atoms with Crippen molar-refractivity contribution >= 4 is 10.0 Å². The lowest BCUT2D eigenvalue weighted by Crippen LogP contribution is -2.40. The summed E-state index contributed by atoms with van der Waals surface area (Å²) in [6.45, 7) is 3.04. The van der Waals surface area contributed by atoms with Crippen molar-refractivity contribution in [1.82, 2.24) is 4.72 Å². The molecule has 0 spiro atoms. The molecule has 2 rings (SSSR count). The molecular weight excluding hydrogens is 260 g/mol. The Bertz CT molecular complexity index is 536. The molecule has 1 fully saturated rings. The minimum absolute atomic E-state index is 0.0104. The van der Waals surface area contributed by atoms with Crippen LogP contribution >= 0.6 is 0 Å². The molecule has 1 saturated carbocycles. The third-order valence-corrected chi connectivity index (χ3v) is 5.24. The first-order valence-electron chi connectivity index (χ1n) is 6.68. The summed E-state index contributed by atoms with van der Waals surface area (Å²) in [6.07, 6.45) is 3.41. The summed E-state index contributed by atoms with van der Waals surface area (Å²) >= 11 is 0. The van der Waals surface area contributed by atoms with Crippen molar-refractivity contribution in [2.24, 2.45) is 11.1 Å². The Morgan fingerprint density at radius 2 is 1.89 bits per heavy atom. The zero-order valence-corrected chi connectivity index (χ0v) is 12.2. The highest BCUT2D eigenvalue weighted by atomic mass is 32.2. The smallest absolute Gasteiger partial charge is 0.215 e. The fraction of sp³-hybridized carbons (Fsp3) is 0.571. The van der Waals surface area contributed by atoms with E-state index < -0.39 is 10.0 Å². The lowest BCUT2D eigenvalue weighted by atomic mass is 9.71. The van der Waals surface area contributed by atoms with Crippen molar-refractivity contribution in [1.29, 1.82) is 0 Å². The summed E-state index contributed by atoms with van der Waals surface area (Å²) < 4.78 is 26.9. The molecule has 0 bridgehead atoms. The first-order valence-corrected chi connectivity index (χ1v) is 8.34. The molecule has 1 aromatic carbocycles. The summed E-state index contributed by atoms with van der Waals surface area (Å²) in [4.78, 5) is 0. The standard InChI is InChI=1S/C14H22N2O2S/c1-14(7-4-8-14)11-16-19(17,18)10-13-6-3-2-5-12(13)9-15/h2-3,5-6,16H,4,7-11,15H2,1H3. The Hall–Kier alpha value is -0.910. The summed E-state index contributed by atoms with van der Waals surface area (Å²) in [5, 5.41) is 0. The van der Waals surface area contributed by atoms with Crippen molar-refractivity contribution in [2.45, 2.75) is 38.5 Å². The largest absolute Gasteiger partial charge is 0.326 e. The molecule has 0 saturated heterocycles. The Labute approximate surface area is 115 Å². The molecule has 1 aromatic rings. The van der Waals surface area contributed by atoms with Gasteiger partial charge in [-0.25, -0.2) is 13.1 Å². The highest BCUT2D eigenvalue weighted by molar-refractivity contribution is 7.88. The Kier molecular flexibility index (Phi) is 4.28. The second-order valence-electron chi connectivity index (χ2n) is 5.72. The van der Waals surface area contributed by atoms with Crippen LogP contribution in [0, 0.1) is 5.41 Å². The van der Waals surface area contributed by atoms with Gasteiger partial charge in [0.1, 0.15) is 0 Å². The second kappa shape index (κ2) is 5.61. The van der Waals surface area contributed by atoms with Gasteiger partial charge in [0, 0.05) is 13.1 Å². The van der Waals surface area contributed by atoms with Crippen LogP contribution in [0.2, 0.25) is 0 Å². The molecule has 0 aromatic heterocycles. The molecule has 0 unspecified atom stereocenters. The number of hydrogen-bond acceptors (Lipinski definition) is 3. The molecule has 1 aliphatic rings. The minimum Gasteiger partial charge on any atom is -0.326 e. The van der Waals surface area contributed by atoms with E-state index in [-0.39, 0.29) is 11.2 Å². The number of benzene rings is 1. The van der Waals surface area contributed by atoms with Crippen molar-refractivity contribution < 1.29 is 8.42 Å². The van der Waals surface area contributed by atoms with E-state index in [9.17, 15) is 8.42 Å². The Balaban J connectivity index is 2.00. The molecule has 0 heterocycles. The van der Waals surface area contributed by atoms with Crippen LogP contribution in [0.25, 0.3) is 0 Å². The maximum atomic E-state index is 12.1. The van der Waals surface area contributed by atoms with Gasteiger partial charge >= 0.3 is 0 Å². The van der Waals surface area contributed by atoms with E-state index in [2.05, 4.69) is 11.6 Å². The molecule has 0 atom stereocenters. The van der Waals surface area contributed by atoms with Crippen LogP contribution in [0.5, 0.6) is 0 Å². The van der Waals surface area contributed by atoms with E-state index in [1.165, 1.54) is 6.42 Å². The predicted octanol–water partition coefficient (Wildman–Crippen LogP) is 1.75. The van der Waals surface area contributed by atoms with Crippen LogP contribution < -0.4 is 10.5 Å². The van der Waals surface area contributed by atoms with E-state index in [0.717, 1.165) is 24.0 Å². The molecular formula is C14H22N2O2S. The second-order valence-corrected chi connectivity index (χ2v) is 7.52. The Morgan fingerprint density at radius 1 is 1.26 bits per heavy atom. The summed E-state index contributed by atoms with van der Waals surface area (Å²) in [6, 6.07) is 7.42. The van der Waals surface area contributed by atoms with Crippen molar-refractivity contribution in [3.05, 3.63) is 35.4 Å². The van der Waals surface area contributed by atoms with Crippen molar-refractivity contribution in [3.63, 3.8) is 0 Å². The predicted molar refractivity (Wildman–Crippen MR) is 76.9 cm³/mol. The zero-order valence-electron chi connectivity index (χ0n) is 11.4. The molecule has 1 aliphatic carbocycles. The first-order chi connectivity index (χ1) is 8.94. The third-order valence-electron chi connectivity index (χ3n) is 3.96. The zero-order chi connectivity index (χ0) is 13.9. The van der Waals surface area contributed by atoms with Gasteiger partial charge in [-0.3, -0.25) is 0 Å². The van der Waals surface area contributed by atoms with Crippen LogP contribution in [0.1, 0.15) is 37.3 Å². The van der Waals surface area contributed by atoms with Gasteiger partial charge in [0.15, 0.2) is 0 Å². The van der Waals surface area contributed by atoms with Crippen LogP contribution in [-0.4, -0.2) is 15.0 Å². The first kappa shape index (κ1) is 14.5. The molecule has 0 radical (unpaired) electrons. The fourth-order valence-electron chi connectivity index (χ4n) is 2.39. The summed E-state index contributed by atoms with van der Waals surface area (Å²) in [5.74, 6) is 0.0104. The number of hydrogen-bond donors (Lipinski definition) is 2. The van der Waals surface area contributed by atoms with E-state index in [1.54, 1.807) is 0 Å². The quantitative estimate of drug-likeness (QED) is 0.835. The number of nitrogens with one attached hydrogen (secondary N) is 1. The maximum absolute atomic E-state index is 12.1. The highest BCUT2D eigenvalue weighted by Gasteiger charge is 2.32. The van der Waals surface area contributed by atoms with Gasteiger partial charge in [-0.05, 0) is 29.4 Å². The lowest BCUT2D eigenvalue weighted by Gasteiger charge is -2.38. The van der Waals surface area contributed by atoms with E-state index >= 15 is 0 Å². The molecule has 4 nitrogen and oxygen atoms in total. The van der Waals surface area contributed by atoms with Crippen molar-refractivity contribution in [3.8, 4) is 0 Å². The normalized spacial score (nSPS) is 18.0. The molecule has 0 amide bonds. The monoisotopic (exact) mass is 282 g/mol. The highest BCUT2D eigenvalue weighted by Crippen LogP contribution is 2.39. The van der Waals surface area contributed by atoms with E-state index in [0.29, 0.717) is 13.1 Å².